The van der Waals surface area contributed by atoms with Gasteiger partial charge in [-0.15, -0.1) is 0 Å². The van der Waals surface area contributed by atoms with Crippen LogP contribution in [0.15, 0.2) is 52.6 Å². The first-order chi connectivity index (χ1) is 17.2. The molecule has 0 spiro atoms. The van der Waals surface area contributed by atoms with Crippen molar-refractivity contribution in [3.05, 3.63) is 69.4 Å². The van der Waals surface area contributed by atoms with Crippen LogP contribution in [0, 0.1) is 5.92 Å². The zero-order valence-corrected chi connectivity index (χ0v) is 19.2. The van der Waals surface area contributed by atoms with Crippen LogP contribution >= 0.6 is 0 Å². The first-order valence-corrected chi connectivity index (χ1v) is 11.7. The first kappa shape index (κ1) is 24.2. The smallest absolute Gasteiger partial charge is 0.375 e. The Morgan fingerprint density at radius 1 is 1.11 bits per heavy atom. The minimum Gasteiger partial charge on any atom is -0.375 e. The van der Waals surface area contributed by atoms with Crippen molar-refractivity contribution >= 4 is 21.9 Å². The number of nitrogens with one attached hydrogen (secondary N) is 3. The second-order valence-corrected chi connectivity index (χ2v) is 9.29. The van der Waals surface area contributed by atoms with E-state index in [1.807, 2.05) is 0 Å². The number of H-pyrrole nitrogens is 2. The molecule has 9 nitrogen and oxygen atoms in total. The molecule has 4 aromatic rings. The second-order valence-electron chi connectivity index (χ2n) is 9.29. The summed E-state index contributed by atoms with van der Waals surface area (Å²) in [7, 11) is 0. The number of hydrogen-bond donors (Lipinski definition) is 4. The minimum atomic E-state index is -4.87. The quantitative estimate of drug-likeness (QED) is 0.321. The first-order valence-electron chi connectivity index (χ1n) is 11.7. The molecule has 1 saturated carbocycles. The number of aromatic amines is 2. The number of aliphatic hydroxyl groups is 1. The predicted octanol–water partition coefficient (Wildman–Crippen LogP) is 2.73. The van der Waals surface area contributed by atoms with Crippen molar-refractivity contribution in [1.82, 2.24) is 29.8 Å². The van der Waals surface area contributed by atoms with Gasteiger partial charge >= 0.3 is 11.9 Å². The molecule has 4 N–H and O–H groups in total. The topological polar surface area (TPSA) is 129 Å². The van der Waals surface area contributed by atoms with Crippen molar-refractivity contribution in [3.8, 4) is 0 Å². The van der Waals surface area contributed by atoms with Crippen LogP contribution < -0.4 is 16.6 Å². The molecule has 1 unspecified atom stereocenters. The maximum Gasteiger partial charge on any atom is 0.422 e. The van der Waals surface area contributed by atoms with Crippen LogP contribution in [0.3, 0.4) is 0 Å². The van der Waals surface area contributed by atoms with Gasteiger partial charge in [0.1, 0.15) is 5.65 Å². The van der Waals surface area contributed by atoms with E-state index in [9.17, 15) is 27.9 Å². The Hall–Kier alpha value is -3.51. The Bertz CT molecular complexity index is 1490. The van der Waals surface area contributed by atoms with E-state index in [0.29, 0.717) is 54.2 Å². The fourth-order valence-electron chi connectivity index (χ4n) is 5.13. The van der Waals surface area contributed by atoms with Crippen LogP contribution in [0.25, 0.3) is 21.9 Å². The molecular formula is C24H25F3N6O3. The number of halogens is 3. The van der Waals surface area contributed by atoms with Gasteiger partial charge in [-0.3, -0.25) is 19.3 Å². The van der Waals surface area contributed by atoms with Crippen LogP contribution in [-0.2, 0) is 5.60 Å². The van der Waals surface area contributed by atoms with Gasteiger partial charge in [0, 0.05) is 48.3 Å². The molecule has 0 saturated heterocycles. The van der Waals surface area contributed by atoms with Gasteiger partial charge in [-0.05, 0) is 50.3 Å². The van der Waals surface area contributed by atoms with Crippen LogP contribution in [0.4, 0.5) is 13.2 Å². The van der Waals surface area contributed by atoms with E-state index < -0.39 is 29.6 Å². The highest BCUT2D eigenvalue weighted by Gasteiger charge is 2.54. The summed E-state index contributed by atoms with van der Waals surface area (Å²) in [5, 5.41) is 14.3. The van der Waals surface area contributed by atoms with Gasteiger partial charge in [0.25, 0.3) is 5.56 Å². The van der Waals surface area contributed by atoms with Gasteiger partial charge in [0.15, 0.2) is 5.60 Å². The fourth-order valence-corrected chi connectivity index (χ4v) is 5.13. The van der Waals surface area contributed by atoms with Gasteiger partial charge in [0.2, 0.25) is 0 Å². The van der Waals surface area contributed by atoms with Crippen molar-refractivity contribution in [2.45, 2.75) is 43.5 Å². The van der Waals surface area contributed by atoms with Crippen molar-refractivity contribution in [1.29, 1.82) is 0 Å². The van der Waals surface area contributed by atoms with Crippen LogP contribution in [-0.4, -0.2) is 48.9 Å². The summed E-state index contributed by atoms with van der Waals surface area (Å²) in [5.41, 5.74) is -3.24. The van der Waals surface area contributed by atoms with Gasteiger partial charge in [-0.25, -0.2) is 9.78 Å². The second kappa shape index (κ2) is 9.17. The molecule has 1 aliphatic rings. The maximum atomic E-state index is 13.7. The lowest BCUT2D eigenvalue weighted by Crippen LogP contribution is -2.50. The lowest BCUT2D eigenvalue weighted by atomic mass is 9.85. The monoisotopic (exact) mass is 502 g/mol. The summed E-state index contributed by atoms with van der Waals surface area (Å²) in [5.74, 6) is 0.0753. The van der Waals surface area contributed by atoms with Crippen molar-refractivity contribution in [2.75, 3.05) is 13.1 Å². The summed E-state index contributed by atoms with van der Waals surface area (Å²) >= 11 is 0. The Labute approximate surface area is 202 Å². The molecule has 0 radical (unpaired) electrons. The van der Waals surface area contributed by atoms with Crippen LogP contribution in [0.5, 0.6) is 0 Å². The van der Waals surface area contributed by atoms with Crippen molar-refractivity contribution in [3.63, 3.8) is 0 Å². The molecule has 0 bridgehead atoms. The number of rotatable bonds is 6. The number of alkyl halides is 3. The minimum absolute atomic E-state index is 0.0753. The molecule has 190 valence electrons. The lowest BCUT2D eigenvalue weighted by Gasteiger charge is -2.33. The van der Waals surface area contributed by atoms with Crippen LogP contribution in [0.1, 0.15) is 37.3 Å². The molecule has 4 heterocycles. The van der Waals surface area contributed by atoms with Crippen molar-refractivity contribution < 1.29 is 18.3 Å². The summed E-state index contributed by atoms with van der Waals surface area (Å²) in [6, 6.07) is 4.17. The summed E-state index contributed by atoms with van der Waals surface area (Å²) in [6.45, 7) is -0.400. The SMILES string of the molecule is O=c1[nH]c(=O)n(C2CCC(CNCC(O)(c3cccnc3)C(F)(F)F)CC2)c2c1cnc1[nH]ccc12. The van der Waals surface area contributed by atoms with Gasteiger partial charge in [0.05, 0.1) is 10.9 Å². The number of pyridine rings is 2. The van der Waals surface area contributed by atoms with E-state index in [1.54, 1.807) is 16.8 Å². The van der Waals surface area contributed by atoms with E-state index in [1.165, 1.54) is 24.5 Å². The number of aromatic nitrogens is 5. The molecule has 1 atom stereocenters. The Balaban J connectivity index is 1.30. The van der Waals surface area contributed by atoms with E-state index in [0.717, 1.165) is 6.20 Å². The Morgan fingerprint density at radius 2 is 1.89 bits per heavy atom. The van der Waals surface area contributed by atoms with Crippen molar-refractivity contribution in [2.24, 2.45) is 5.92 Å². The standard InChI is InChI=1S/C24H25F3N6O3/c25-24(26,27)23(36,15-2-1-8-28-11-15)13-29-10-14-3-5-16(6-4-14)33-19-17-7-9-30-20(17)31-12-18(19)21(34)32-22(33)35/h1-2,7-9,11-12,14,16,29,36H,3-6,10,13H2,(H,30,31)(H,32,34,35). The Kier molecular flexibility index (Phi) is 6.17. The highest BCUT2D eigenvalue weighted by atomic mass is 19.4. The zero-order chi connectivity index (χ0) is 25.5. The third kappa shape index (κ3) is 4.20. The molecule has 4 aromatic heterocycles. The van der Waals surface area contributed by atoms with Crippen LogP contribution in [0.2, 0.25) is 0 Å². The largest absolute Gasteiger partial charge is 0.422 e. The zero-order valence-electron chi connectivity index (χ0n) is 19.2. The maximum absolute atomic E-state index is 13.7. The highest BCUT2D eigenvalue weighted by molar-refractivity contribution is 6.01. The van der Waals surface area contributed by atoms with Gasteiger partial charge < -0.3 is 15.4 Å². The predicted molar refractivity (Wildman–Crippen MR) is 127 cm³/mol. The average molecular weight is 502 g/mol. The third-order valence-electron chi connectivity index (χ3n) is 7.09. The number of hydrogen-bond acceptors (Lipinski definition) is 6. The molecule has 0 aliphatic heterocycles. The van der Waals surface area contributed by atoms with E-state index in [4.69, 9.17) is 0 Å². The van der Waals surface area contributed by atoms with E-state index in [-0.39, 0.29) is 17.5 Å². The number of nitrogens with zero attached hydrogens (tertiary/aromatic N) is 3. The number of fused-ring (bicyclic) bond motifs is 3. The normalized spacial score (nSPS) is 20.6. The lowest BCUT2D eigenvalue weighted by molar-refractivity contribution is -0.264. The van der Waals surface area contributed by atoms with Gasteiger partial charge in [-0.1, -0.05) is 6.07 Å². The van der Waals surface area contributed by atoms with Gasteiger partial charge in [-0.2, -0.15) is 13.2 Å². The molecular weight excluding hydrogens is 477 g/mol. The molecule has 0 aromatic carbocycles. The highest BCUT2D eigenvalue weighted by Crippen LogP contribution is 2.38. The molecule has 1 aliphatic carbocycles. The molecule has 12 heteroatoms. The third-order valence-corrected chi connectivity index (χ3v) is 7.09. The average Bonchev–Trinajstić information content (AvgIpc) is 3.34. The van der Waals surface area contributed by atoms with E-state index in [2.05, 4.69) is 25.3 Å². The summed E-state index contributed by atoms with van der Waals surface area (Å²) in [6.07, 6.45) is 3.22. The molecule has 36 heavy (non-hydrogen) atoms. The van der Waals surface area contributed by atoms with E-state index >= 15 is 0 Å². The molecule has 1 fully saturated rings. The Morgan fingerprint density at radius 3 is 2.58 bits per heavy atom. The summed E-state index contributed by atoms with van der Waals surface area (Å²) < 4.78 is 42.7. The summed E-state index contributed by atoms with van der Waals surface area (Å²) in [4.78, 5) is 38.6. The fraction of sp³-hybridized carbons (Fsp3) is 0.417. The molecule has 5 rings (SSSR count). The molecule has 0 amide bonds.